The summed E-state index contributed by atoms with van der Waals surface area (Å²) in [7, 11) is -0.0150. The largest absolute Gasteiger partial charge is 0.431 e. The van der Waals surface area contributed by atoms with Crippen molar-refractivity contribution in [3.05, 3.63) is 17.7 Å². The van der Waals surface area contributed by atoms with Gasteiger partial charge in [-0.05, 0) is 19.8 Å². The van der Waals surface area contributed by atoms with Gasteiger partial charge in [-0.3, -0.25) is 0 Å². The van der Waals surface area contributed by atoms with Crippen LogP contribution in [-0.2, 0) is 10.9 Å². The maximum absolute atomic E-state index is 12.4. The molecule has 1 aliphatic heterocycles. The fourth-order valence-electron chi connectivity index (χ4n) is 2.19. The summed E-state index contributed by atoms with van der Waals surface area (Å²) in [4.78, 5) is 0.872. The molecule has 0 N–H and O–H groups in total. The van der Waals surface area contributed by atoms with E-state index in [2.05, 4.69) is 9.47 Å². The van der Waals surface area contributed by atoms with E-state index in [0.717, 1.165) is 29.2 Å². The van der Waals surface area contributed by atoms with E-state index in [1.54, 1.807) is 13.0 Å². The first kappa shape index (κ1) is 15.3. The van der Waals surface area contributed by atoms with Gasteiger partial charge in [-0.15, -0.1) is 0 Å². The molecule has 0 aromatic heterocycles. The van der Waals surface area contributed by atoms with Crippen molar-refractivity contribution in [1.29, 1.82) is 0 Å². The summed E-state index contributed by atoms with van der Waals surface area (Å²) in [6.07, 6.45) is 2.20. The molecule has 0 spiro atoms. The average molecular weight is 311 g/mol. The van der Waals surface area contributed by atoms with E-state index in [-0.39, 0.29) is 22.4 Å². The van der Waals surface area contributed by atoms with Crippen LogP contribution in [0.25, 0.3) is 0 Å². The first-order valence-electron chi connectivity index (χ1n) is 6.19. The second-order valence-corrected chi connectivity index (χ2v) is 6.71. The minimum atomic E-state index is -3.08. The fourth-order valence-corrected chi connectivity index (χ4v) is 4.59. The highest BCUT2D eigenvalue weighted by Crippen LogP contribution is 2.38. The molecular weight excluding hydrogens is 296 g/mol. The van der Waals surface area contributed by atoms with Gasteiger partial charge in [0.05, 0.1) is 0 Å². The smallest absolute Gasteiger partial charge is 0.387 e. The fraction of sp³-hybridized carbons (Fsp3) is 0.538. The van der Waals surface area contributed by atoms with E-state index in [4.69, 9.17) is 0 Å². The molecule has 112 valence electrons. The first-order valence-corrected chi connectivity index (χ1v) is 7.75. The van der Waals surface area contributed by atoms with Crippen molar-refractivity contribution in [2.45, 2.75) is 37.9 Å². The Morgan fingerprint density at radius 3 is 2.15 bits per heavy atom. The Hall–Kier alpha value is -1.11. The minimum Gasteiger partial charge on any atom is -0.431 e. The van der Waals surface area contributed by atoms with Crippen LogP contribution >= 0.6 is 0 Å². The zero-order chi connectivity index (χ0) is 14.7. The minimum absolute atomic E-state index is 0.0150. The lowest BCUT2D eigenvalue weighted by Crippen LogP contribution is -2.11. The Labute approximate surface area is 117 Å². The van der Waals surface area contributed by atoms with Gasteiger partial charge < -0.3 is 9.47 Å². The molecule has 1 aromatic rings. The Morgan fingerprint density at radius 2 is 1.60 bits per heavy atom. The van der Waals surface area contributed by atoms with Crippen molar-refractivity contribution in [2.24, 2.45) is 0 Å². The molecule has 1 aromatic carbocycles. The highest BCUT2D eigenvalue weighted by molar-refractivity contribution is 7.97. The quantitative estimate of drug-likeness (QED) is 0.605. The van der Waals surface area contributed by atoms with E-state index in [1.165, 1.54) is 6.07 Å². The third kappa shape index (κ3) is 3.71. The second-order valence-electron chi connectivity index (χ2n) is 4.43. The Morgan fingerprint density at radius 1 is 1.00 bits per heavy atom. The molecule has 1 heterocycles. The van der Waals surface area contributed by atoms with E-state index < -0.39 is 13.2 Å². The van der Waals surface area contributed by atoms with Gasteiger partial charge in [-0.25, -0.2) is 0 Å². The number of benzene rings is 1. The number of ether oxygens (including phenoxy) is 2. The van der Waals surface area contributed by atoms with Gasteiger partial charge in [-0.2, -0.15) is 17.6 Å². The van der Waals surface area contributed by atoms with Crippen LogP contribution in [0.5, 0.6) is 11.5 Å². The molecular formula is C13H15F4O2S+. The molecule has 0 unspecified atom stereocenters. The predicted octanol–water partition coefficient (Wildman–Crippen LogP) is 3.97. The number of alkyl halides is 4. The average Bonchev–Trinajstić information content (AvgIpc) is 2.85. The molecule has 0 radical (unpaired) electrons. The van der Waals surface area contributed by atoms with Crippen LogP contribution in [-0.4, -0.2) is 24.7 Å². The topological polar surface area (TPSA) is 18.5 Å². The number of hydrogen-bond donors (Lipinski definition) is 0. The molecule has 0 amide bonds. The number of hydrogen-bond acceptors (Lipinski definition) is 2. The van der Waals surface area contributed by atoms with Crippen LogP contribution in [0, 0.1) is 6.92 Å². The molecule has 20 heavy (non-hydrogen) atoms. The van der Waals surface area contributed by atoms with Gasteiger partial charge in [0.25, 0.3) is 0 Å². The van der Waals surface area contributed by atoms with Crippen LogP contribution in [0.2, 0.25) is 0 Å². The second kappa shape index (κ2) is 6.56. The molecule has 0 bridgehead atoms. The normalized spacial score (nSPS) is 16.1. The Kier molecular flexibility index (Phi) is 5.01. The third-order valence-electron chi connectivity index (χ3n) is 3.00. The van der Waals surface area contributed by atoms with Crippen LogP contribution in [0.1, 0.15) is 18.4 Å². The van der Waals surface area contributed by atoms with E-state index >= 15 is 0 Å². The Balaban J connectivity index is 2.35. The van der Waals surface area contributed by atoms with Crippen molar-refractivity contribution in [3.8, 4) is 11.5 Å². The van der Waals surface area contributed by atoms with Crippen molar-refractivity contribution < 1.29 is 27.0 Å². The van der Waals surface area contributed by atoms with Crippen molar-refractivity contribution in [2.75, 3.05) is 11.5 Å². The van der Waals surface area contributed by atoms with Gasteiger partial charge >= 0.3 is 13.2 Å². The van der Waals surface area contributed by atoms with Crippen molar-refractivity contribution >= 4 is 10.9 Å². The summed E-state index contributed by atoms with van der Waals surface area (Å²) >= 11 is 0. The summed E-state index contributed by atoms with van der Waals surface area (Å²) in [5, 5.41) is 0. The molecule has 1 fully saturated rings. The standard InChI is InChI=1S/C13H15F4O2S/c1-8-6-9(20-4-2-3-5-20)7-10(18-12(14)15)11(8)19-13(16)17/h6-7,12-13H,2-5H2,1H3/q+1. The summed E-state index contributed by atoms with van der Waals surface area (Å²) in [6, 6.07) is 3.13. The van der Waals surface area contributed by atoms with Gasteiger partial charge in [0.1, 0.15) is 11.5 Å². The lowest BCUT2D eigenvalue weighted by molar-refractivity contribution is -0.0696. The van der Waals surface area contributed by atoms with E-state index in [0.29, 0.717) is 5.56 Å². The number of halogens is 4. The molecule has 2 nitrogen and oxygen atoms in total. The highest BCUT2D eigenvalue weighted by Gasteiger charge is 2.30. The number of aryl methyl sites for hydroxylation is 1. The van der Waals surface area contributed by atoms with Gasteiger partial charge in [0.15, 0.2) is 16.4 Å². The lowest BCUT2D eigenvalue weighted by atomic mass is 10.2. The van der Waals surface area contributed by atoms with Gasteiger partial charge in [0.2, 0.25) is 0 Å². The summed E-state index contributed by atoms with van der Waals surface area (Å²) in [6.45, 7) is -4.59. The lowest BCUT2D eigenvalue weighted by Gasteiger charge is -2.15. The predicted molar refractivity (Wildman–Crippen MR) is 69.0 cm³/mol. The zero-order valence-electron chi connectivity index (χ0n) is 10.9. The SMILES string of the molecule is Cc1cc([S+]2CCCC2)cc(OC(F)F)c1OC(F)F. The van der Waals surface area contributed by atoms with E-state index in [9.17, 15) is 17.6 Å². The molecule has 0 atom stereocenters. The number of rotatable bonds is 5. The zero-order valence-corrected chi connectivity index (χ0v) is 11.7. The molecule has 2 rings (SSSR count). The summed E-state index contributed by atoms with van der Waals surface area (Å²) in [5.74, 6) is 1.38. The molecule has 0 aliphatic carbocycles. The monoisotopic (exact) mass is 311 g/mol. The maximum atomic E-state index is 12.4. The molecule has 0 saturated carbocycles. The van der Waals surface area contributed by atoms with Crippen LogP contribution in [0.3, 0.4) is 0 Å². The van der Waals surface area contributed by atoms with Crippen molar-refractivity contribution in [3.63, 3.8) is 0 Å². The molecule has 1 aliphatic rings. The van der Waals surface area contributed by atoms with Gasteiger partial charge in [-0.1, -0.05) is 0 Å². The Bertz CT molecular complexity index is 462. The maximum Gasteiger partial charge on any atom is 0.387 e. The van der Waals surface area contributed by atoms with Crippen molar-refractivity contribution in [1.82, 2.24) is 0 Å². The molecule has 7 heteroatoms. The third-order valence-corrected chi connectivity index (χ3v) is 5.47. The first-order chi connectivity index (χ1) is 9.47. The van der Waals surface area contributed by atoms with Crippen LogP contribution in [0.15, 0.2) is 17.0 Å². The summed E-state index contributed by atoms with van der Waals surface area (Å²) in [5.41, 5.74) is 0.387. The summed E-state index contributed by atoms with van der Waals surface area (Å²) < 4.78 is 58.2. The van der Waals surface area contributed by atoms with Gasteiger partial charge in [0, 0.05) is 28.6 Å². The highest BCUT2D eigenvalue weighted by atomic mass is 32.2. The molecule has 1 saturated heterocycles. The van der Waals surface area contributed by atoms with Crippen LogP contribution in [0.4, 0.5) is 17.6 Å². The van der Waals surface area contributed by atoms with E-state index in [1.807, 2.05) is 0 Å². The van der Waals surface area contributed by atoms with Crippen LogP contribution < -0.4 is 9.47 Å².